The Hall–Kier alpha value is -2.79. The maximum absolute atomic E-state index is 12.9. The third-order valence-corrected chi connectivity index (χ3v) is 7.58. The number of sulfonamides is 1. The zero-order valence-corrected chi connectivity index (χ0v) is 20.4. The number of amides is 2. The molecule has 0 aromatic heterocycles. The number of carbonyl (C=O) groups excluding carboxylic acids is 2. The summed E-state index contributed by atoms with van der Waals surface area (Å²) in [6.45, 7) is 5.28. The lowest BCUT2D eigenvalue weighted by Gasteiger charge is -2.33. The predicted molar refractivity (Wildman–Crippen MR) is 131 cm³/mol. The van der Waals surface area contributed by atoms with Crippen molar-refractivity contribution in [3.8, 4) is 0 Å². The van der Waals surface area contributed by atoms with Crippen molar-refractivity contribution in [3.05, 3.63) is 65.2 Å². The monoisotopic (exact) mass is 488 g/mol. The van der Waals surface area contributed by atoms with E-state index < -0.39 is 10.0 Å². The molecule has 0 saturated carbocycles. The first-order chi connectivity index (χ1) is 16.3. The zero-order chi connectivity index (χ0) is 24.6. The van der Waals surface area contributed by atoms with Crippen LogP contribution in [0.25, 0.3) is 0 Å². The molecule has 2 N–H and O–H groups in total. The second-order valence-electron chi connectivity index (χ2n) is 8.02. The van der Waals surface area contributed by atoms with Crippen LogP contribution in [0.4, 0.5) is 5.69 Å². The van der Waals surface area contributed by atoms with E-state index in [0.29, 0.717) is 62.7 Å². The van der Waals surface area contributed by atoms with Gasteiger partial charge in [0, 0.05) is 51.9 Å². The van der Waals surface area contributed by atoms with Gasteiger partial charge in [0.25, 0.3) is 11.8 Å². The van der Waals surface area contributed by atoms with Gasteiger partial charge < -0.3 is 15.4 Å². The SMILES string of the molecule is CCS(=O)(=O)N1CCN(Cc2cccc(C(=O)Nc3ccccc3C(=O)NCCOC)c2)CC1. The van der Waals surface area contributed by atoms with Crippen LogP contribution in [0.2, 0.25) is 0 Å². The third-order valence-electron chi connectivity index (χ3n) is 5.70. The van der Waals surface area contributed by atoms with Crippen LogP contribution in [-0.4, -0.2) is 81.6 Å². The third kappa shape index (κ3) is 6.86. The standard InChI is InChI=1S/C24H32N4O5S/c1-3-34(31,32)28-14-12-27(13-15-28)18-19-7-6-8-20(17-19)23(29)26-22-10-5-4-9-21(22)24(30)25-11-16-33-2/h4-10,17H,3,11-16,18H2,1-2H3,(H,25,30)(H,26,29). The average Bonchev–Trinajstić information content (AvgIpc) is 2.85. The molecule has 0 aliphatic carbocycles. The minimum atomic E-state index is -3.16. The Bertz CT molecular complexity index is 1100. The summed E-state index contributed by atoms with van der Waals surface area (Å²) < 4.78 is 30.6. The maximum Gasteiger partial charge on any atom is 0.255 e. The van der Waals surface area contributed by atoms with Crippen molar-refractivity contribution in [2.24, 2.45) is 0 Å². The Labute approximate surface area is 201 Å². The molecule has 34 heavy (non-hydrogen) atoms. The topological polar surface area (TPSA) is 108 Å². The van der Waals surface area contributed by atoms with Crippen LogP contribution < -0.4 is 10.6 Å². The van der Waals surface area contributed by atoms with Crippen LogP contribution in [0, 0.1) is 0 Å². The molecule has 2 aromatic carbocycles. The minimum absolute atomic E-state index is 0.113. The van der Waals surface area contributed by atoms with Gasteiger partial charge in [-0.1, -0.05) is 24.3 Å². The number of para-hydroxylation sites is 1. The maximum atomic E-state index is 12.9. The van der Waals surface area contributed by atoms with Crippen LogP contribution in [0.1, 0.15) is 33.2 Å². The molecule has 1 fully saturated rings. The fourth-order valence-electron chi connectivity index (χ4n) is 3.76. The molecule has 2 aromatic rings. The van der Waals surface area contributed by atoms with E-state index in [9.17, 15) is 18.0 Å². The number of benzene rings is 2. The Morgan fingerprint density at radius 1 is 1.00 bits per heavy atom. The van der Waals surface area contributed by atoms with E-state index in [1.54, 1.807) is 44.4 Å². The van der Waals surface area contributed by atoms with Gasteiger partial charge in [-0.3, -0.25) is 14.5 Å². The summed E-state index contributed by atoms with van der Waals surface area (Å²) >= 11 is 0. The number of ether oxygens (including phenoxy) is 1. The van der Waals surface area contributed by atoms with Gasteiger partial charge in [-0.2, -0.15) is 4.31 Å². The molecule has 1 saturated heterocycles. The van der Waals surface area contributed by atoms with Crippen molar-refractivity contribution < 1.29 is 22.7 Å². The molecule has 1 aliphatic rings. The summed E-state index contributed by atoms with van der Waals surface area (Å²) in [5.74, 6) is -0.481. The Morgan fingerprint density at radius 3 is 2.44 bits per heavy atom. The first-order valence-corrected chi connectivity index (χ1v) is 12.9. The number of nitrogens with one attached hydrogen (secondary N) is 2. The Kier molecular flexibility index (Phi) is 9.17. The van der Waals surface area contributed by atoms with Gasteiger partial charge in [-0.25, -0.2) is 8.42 Å². The fraction of sp³-hybridized carbons (Fsp3) is 0.417. The lowest BCUT2D eigenvalue weighted by molar-refractivity contribution is 0.0938. The van der Waals surface area contributed by atoms with Gasteiger partial charge >= 0.3 is 0 Å². The fourth-order valence-corrected chi connectivity index (χ4v) is 4.85. The van der Waals surface area contributed by atoms with E-state index in [-0.39, 0.29) is 17.6 Å². The number of piperazine rings is 1. The summed E-state index contributed by atoms with van der Waals surface area (Å²) in [5.41, 5.74) is 2.26. The van der Waals surface area contributed by atoms with E-state index in [1.807, 2.05) is 18.2 Å². The van der Waals surface area contributed by atoms with Gasteiger partial charge in [-0.15, -0.1) is 0 Å². The lowest BCUT2D eigenvalue weighted by Crippen LogP contribution is -2.48. The second kappa shape index (κ2) is 12.1. The molecule has 9 nitrogen and oxygen atoms in total. The molecule has 1 heterocycles. The molecule has 0 bridgehead atoms. The number of methoxy groups -OCH3 is 1. The van der Waals surface area contributed by atoms with Crippen LogP contribution in [-0.2, 0) is 21.3 Å². The Morgan fingerprint density at radius 2 is 1.74 bits per heavy atom. The van der Waals surface area contributed by atoms with E-state index in [0.717, 1.165) is 5.56 Å². The van der Waals surface area contributed by atoms with E-state index in [4.69, 9.17) is 4.74 Å². The molecule has 0 atom stereocenters. The number of nitrogens with zero attached hydrogens (tertiary/aromatic N) is 2. The van der Waals surface area contributed by atoms with Crippen molar-refractivity contribution in [1.29, 1.82) is 0 Å². The van der Waals surface area contributed by atoms with E-state index in [1.165, 1.54) is 4.31 Å². The highest BCUT2D eigenvalue weighted by molar-refractivity contribution is 7.89. The number of anilines is 1. The molecule has 2 amide bonds. The predicted octanol–water partition coefficient (Wildman–Crippen LogP) is 1.78. The van der Waals surface area contributed by atoms with Crippen molar-refractivity contribution in [2.45, 2.75) is 13.5 Å². The van der Waals surface area contributed by atoms with E-state index in [2.05, 4.69) is 15.5 Å². The molecule has 10 heteroatoms. The normalized spacial score (nSPS) is 15.1. The van der Waals surface area contributed by atoms with Crippen LogP contribution in [0.3, 0.4) is 0 Å². The zero-order valence-electron chi connectivity index (χ0n) is 19.6. The molecule has 3 rings (SSSR count). The van der Waals surface area contributed by atoms with Crippen molar-refractivity contribution in [1.82, 2.24) is 14.5 Å². The highest BCUT2D eigenvalue weighted by atomic mass is 32.2. The molecule has 0 unspecified atom stereocenters. The van der Waals surface area contributed by atoms with Crippen molar-refractivity contribution in [3.63, 3.8) is 0 Å². The molecular weight excluding hydrogens is 456 g/mol. The first kappa shape index (κ1) is 25.8. The summed E-state index contributed by atoms with van der Waals surface area (Å²) in [6.07, 6.45) is 0. The van der Waals surface area contributed by atoms with Gasteiger partial charge in [0.2, 0.25) is 10.0 Å². The highest BCUT2D eigenvalue weighted by Gasteiger charge is 2.25. The first-order valence-electron chi connectivity index (χ1n) is 11.3. The van der Waals surface area contributed by atoms with Gasteiger partial charge in [0.15, 0.2) is 0 Å². The second-order valence-corrected chi connectivity index (χ2v) is 10.3. The van der Waals surface area contributed by atoms with Crippen molar-refractivity contribution >= 4 is 27.5 Å². The number of carbonyl (C=O) groups is 2. The quantitative estimate of drug-likeness (QED) is 0.494. The van der Waals surface area contributed by atoms with Crippen molar-refractivity contribution in [2.75, 3.05) is 57.5 Å². The van der Waals surface area contributed by atoms with Gasteiger partial charge in [-0.05, 0) is 36.8 Å². The molecule has 1 aliphatic heterocycles. The highest BCUT2D eigenvalue weighted by Crippen LogP contribution is 2.18. The summed E-state index contributed by atoms with van der Waals surface area (Å²) in [5, 5.41) is 5.60. The minimum Gasteiger partial charge on any atom is -0.383 e. The van der Waals surface area contributed by atoms with Gasteiger partial charge in [0.05, 0.1) is 23.6 Å². The smallest absolute Gasteiger partial charge is 0.255 e. The number of hydrogen-bond acceptors (Lipinski definition) is 6. The summed E-state index contributed by atoms with van der Waals surface area (Å²) in [4.78, 5) is 27.6. The van der Waals surface area contributed by atoms with Gasteiger partial charge in [0.1, 0.15) is 0 Å². The van der Waals surface area contributed by atoms with Crippen LogP contribution in [0.5, 0.6) is 0 Å². The largest absolute Gasteiger partial charge is 0.383 e. The Balaban J connectivity index is 1.62. The van der Waals surface area contributed by atoms with Crippen LogP contribution >= 0.6 is 0 Å². The molecular formula is C24H32N4O5S. The summed E-state index contributed by atoms with van der Waals surface area (Å²) in [6, 6.07) is 14.2. The van der Waals surface area contributed by atoms with Crippen LogP contribution in [0.15, 0.2) is 48.5 Å². The lowest BCUT2D eigenvalue weighted by atomic mass is 10.1. The summed E-state index contributed by atoms with van der Waals surface area (Å²) in [7, 11) is -1.60. The number of rotatable bonds is 10. The average molecular weight is 489 g/mol. The van der Waals surface area contributed by atoms with E-state index >= 15 is 0 Å². The molecule has 0 spiro atoms. The number of hydrogen-bond donors (Lipinski definition) is 2. The molecule has 184 valence electrons. The molecule has 0 radical (unpaired) electrons.